The third-order valence-electron chi connectivity index (χ3n) is 4.81. The Kier molecular flexibility index (Phi) is 5.81. The van der Waals surface area contributed by atoms with E-state index in [4.69, 9.17) is 0 Å². The number of hydrogen-bond donors (Lipinski definition) is 3. The first-order valence-corrected chi connectivity index (χ1v) is 9.33. The molecule has 1 heterocycles. The van der Waals surface area contributed by atoms with Crippen LogP contribution >= 0.6 is 0 Å². The van der Waals surface area contributed by atoms with Crippen LogP contribution in [0, 0.1) is 5.82 Å². The van der Waals surface area contributed by atoms with Crippen LogP contribution in [-0.4, -0.2) is 35.2 Å². The summed E-state index contributed by atoms with van der Waals surface area (Å²) in [7, 11) is 0. The van der Waals surface area contributed by atoms with Gasteiger partial charge in [0.1, 0.15) is 17.9 Å². The minimum atomic E-state index is -1.35. The lowest BCUT2D eigenvalue weighted by atomic mass is 9.87. The van der Waals surface area contributed by atoms with Crippen LogP contribution in [0.4, 0.5) is 20.6 Å². The van der Waals surface area contributed by atoms with E-state index in [1.807, 2.05) is 0 Å². The SMILES string of the molecule is CC[C@]1(c2ccc(F)cc2)NC(=O)N(CC(=O)Nc2cccc(NC(C)=O)c2)C1=O. The van der Waals surface area contributed by atoms with Gasteiger partial charge in [0, 0.05) is 18.3 Å². The summed E-state index contributed by atoms with van der Waals surface area (Å²) < 4.78 is 13.3. The summed E-state index contributed by atoms with van der Waals surface area (Å²) in [6, 6.07) is 11.1. The van der Waals surface area contributed by atoms with Gasteiger partial charge in [0.2, 0.25) is 11.8 Å². The second-order valence-electron chi connectivity index (χ2n) is 6.90. The predicted octanol–water partition coefficient (Wildman–Crippen LogP) is 2.58. The molecule has 0 aromatic heterocycles. The van der Waals surface area contributed by atoms with Crippen molar-refractivity contribution in [3.63, 3.8) is 0 Å². The van der Waals surface area contributed by atoms with Gasteiger partial charge in [0.05, 0.1) is 0 Å². The van der Waals surface area contributed by atoms with Crippen molar-refractivity contribution < 1.29 is 23.6 Å². The fraction of sp³-hybridized carbons (Fsp3) is 0.238. The molecular formula is C21H21FN4O4. The Bertz CT molecular complexity index is 1010. The number of imide groups is 1. The average Bonchev–Trinajstić information content (AvgIpc) is 2.93. The summed E-state index contributed by atoms with van der Waals surface area (Å²) in [5.74, 6) is -1.87. The van der Waals surface area contributed by atoms with Crippen molar-refractivity contribution in [3.05, 3.63) is 59.9 Å². The maximum Gasteiger partial charge on any atom is 0.325 e. The number of nitrogens with one attached hydrogen (secondary N) is 3. The Labute approximate surface area is 172 Å². The third kappa shape index (κ3) is 4.14. The van der Waals surface area contributed by atoms with Crippen molar-refractivity contribution in [2.45, 2.75) is 25.8 Å². The number of halogens is 1. The van der Waals surface area contributed by atoms with E-state index in [0.29, 0.717) is 16.9 Å². The van der Waals surface area contributed by atoms with E-state index in [2.05, 4.69) is 16.0 Å². The number of benzene rings is 2. The van der Waals surface area contributed by atoms with Gasteiger partial charge < -0.3 is 16.0 Å². The van der Waals surface area contributed by atoms with E-state index in [1.54, 1.807) is 31.2 Å². The molecular weight excluding hydrogens is 391 g/mol. The monoisotopic (exact) mass is 412 g/mol. The maximum atomic E-state index is 13.3. The number of anilines is 2. The van der Waals surface area contributed by atoms with E-state index in [-0.39, 0.29) is 12.3 Å². The van der Waals surface area contributed by atoms with Crippen LogP contribution in [0.25, 0.3) is 0 Å². The lowest BCUT2D eigenvalue weighted by Crippen LogP contribution is -2.44. The highest BCUT2D eigenvalue weighted by atomic mass is 19.1. The summed E-state index contributed by atoms with van der Waals surface area (Å²) in [6.45, 7) is 2.60. The number of carbonyl (C=O) groups is 4. The number of carbonyl (C=O) groups excluding carboxylic acids is 4. The molecule has 1 fully saturated rings. The van der Waals surface area contributed by atoms with Gasteiger partial charge >= 0.3 is 6.03 Å². The molecule has 1 atom stereocenters. The van der Waals surface area contributed by atoms with Crippen LogP contribution in [-0.2, 0) is 19.9 Å². The van der Waals surface area contributed by atoms with Gasteiger partial charge in [-0.05, 0) is 42.3 Å². The molecule has 0 radical (unpaired) electrons. The molecule has 8 nitrogen and oxygen atoms in total. The molecule has 30 heavy (non-hydrogen) atoms. The molecule has 1 saturated heterocycles. The van der Waals surface area contributed by atoms with Crippen molar-refractivity contribution in [2.24, 2.45) is 0 Å². The van der Waals surface area contributed by atoms with E-state index < -0.39 is 35.7 Å². The summed E-state index contributed by atoms with van der Waals surface area (Å²) in [5.41, 5.74) is -0.0120. The molecule has 3 rings (SSSR count). The van der Waals surface area contributed by atoms with Crippen molar-refractivity contribution in [2.75, 3.05) is 17.2 Å². The Morgan fingerprint density at radius 3 is 2.30 bits per heavy atom. The number of rotatable bonds is 6. The summed E-state index contributed by atoms with van der Waals surface area (Å²) in [6.07, 6.45) is 0.236. The molecule has 3 N–H and O–H groups in total. The molecule has 0 saturated carbocycles. The lowest BCUT2D eigenvalue weighted by molar-refractivity contribution is -0.134. The minimum Gasteiger partial charge on any atom is -0.326 e. The topological polar surface area (TPSA) is 108 Å². The molecule has 0 aliphatic carbocycles. The van der Waals surface area contributed by atoms with Crippen LogP contribution in [0.1, 0.15) is 25.8 Å². The van der Waals surface area contributed by atoms with E-state index in [9.17, 15) is 23.6 Å². The van der Waals surface area contributed by atoms with Crippen LogP contribution in [0.2, 0.25) is 0 Å². The Morgan fingerprint density at radius 1 is 1.07 bits per heavy atom. The second-order valence-corrected chi connectivity index (χ2v) is 6.90. The second kappa shape index (κ2) is 8.32. The van der Waals surface area contributed by atoms with E-state index in [0.717, 1.165) is 4.90 Å². The molecule has 156 valence electrons. The van der Waals surface area contributed by atoms with Gasteiger partial charge in [0.15, 0.2) is 0 Å². The van der Waals surface area contributed by atoms with Gasteiger partial charge in [0.25, 0.3) is 5.91 Å². The summed E-state index contributed by atoms with van der Waals surface area (Å²) in [4.78, 5) is 49.9. The summed E-state index contributed by atoms with van der Waals surface area (Å²) >= 11 is 0. The Balaban J connectivity index is 1.74. The largest absolute Gasteiger partial charge is 0.326 e. The molecule has 2 aromatic carbocycles. The van der Waals surface area contributed by atoms with E-state index >= 15 is 0 Å². The van der Waals surface area contributed by atoms with Crippen LogP contribution in [0.15, 0.2) is 48.5 Å². The predicted molar refractivity (Wildman–Crippen MR) is 108 cm³/mol. The average molecular weight is 412 g/mol. The van der Waals surface area contributed by atoms with Crippen LogP contribution in [0.5, 0.6) is 0 Å². The first-order valence-electron chi connectivity index (χ1n) is 9.33. The minimum absolute atomic E-state index is 0.236. The normalized spacial score (nSPS) is 18.2. The van der Waals surface area contributed by atoms with Gasteiger partial charge in [-0.25, -0.2) is 9.18 Å². The number of hydrogen-bond acceptors (Lipinski definition) is 4. The van der Waals surface area contributed by atoms with Crippen molar-refractivity contribution in [1.82, 2.24) is 10.2 Å². The standard InChI is InChI=1S/C21H21FN4O4/c1-3-21(14-7-9-15(22)10-8-14)19(29)26(20(30)25-21)12-18(28)24-17-6-4-5-16(11-17)23-13(2)27/h4-11H,3,12H2,1-2H3,(H,23,27)(H,24,28)(H,25,30)/t21-/m1/s1. The zero-order valence-corrected chi connectivity index (χ0v) is 16.5. The Morgan fingerprint density at radius 2 is 1.70 bits per heavy atom. The quantitative estimate of drug-likeness (QED) is 0.634. The lowest BCUT2D eigenvalue weighted by Gasteiger charge is -2.25. The van der Waals surface area contributed by atoms with Gasteiger partial charge in [-0.1, -0.05) is 25.1 Å². The fourth-order valence-electron chi connectivity index (χ4n) is 3.37. The van der Waals surface area contributed by atoms with Crippen molar-refractivity contribution in [3.8, 4) is 0 Å². The fourth-order valence-corrected chi connectivity index (χ4v) is 3.37. The zero-order chi connectivity index (χ0) is 21.9. The van der Waals surface area contributed by atoms with Gasteiger partial charge in [-0.15, -0.1) is 0 Å². The van der Waals surface area contributed by atoms with Crippen LogP contribution < -0.4 is 16.0 Å². The van der Waals surface area contributed by atoms with Crippen molar-refractivity contribution >= 4 is 35.1 Å². The first-order chi connectivity index (χ1) is 14.2. The highest BCUT2D eigenvalue weighted by Gasteiger charge is 2.51. The maximum absolute atomic E-state index is 13.3. The highest BCUT2D eigenvalue weighted by Crippen LogP contribution is 2.32. The van der Waals surface area contributed by atoms with Crippen molar-refractivity contribution in [1.29, 1.82) is 0 Å². The number of nitrogens with zero attached hydrogens (tertiary/aromatic N) is 1. The van der Waals surface area contributed by atoms with Gasteiger partial charge in [-0.3, -0.25) is 19.3 Å². The molecule has 0 bridgehead atoms. The molecule has 0 unspecified atom stereocenters. The molecule has 2 aromatic rings. The zero-order valence-electron chi connectivity index (χ0n) is 16.5. The smallest absolute Gasteiger partial charge is 0.325 e. The molecule has 5 amide bonds. The molecule has 1 aliphatic heterocycles. The molecule has 0 spiro atoms. The number of urea groups is 1. The molecule has 1 aliphatic rings. The van der Waals surface area contributed by atoms with Crippen LogP contribution in [0.3, 0.4) is 0 Å². The first kappa shape index (κ1) is 21.0. The highest BCUT2D eigenvalue weighted by molar-refractivity contribution is 6.10. The summed E-state index contributed by atoms with van der Waals surface area (Å²) in [5, 5.41) is 7.84. The Hall–Kier alpha value is -3.75. The third-order valence-corrected chi connectivity index (χ3v) is 4.81. The van der Waals surface area contributed by atoms with Gasteiger partial charge in [-0.2, -0.15) is 0 Å². The number of amides is 5. The van der Waals surface area contributed by atoms with E-state index in [1.165, 1.54) is 31.2 Å². The molecule has 9 heteroatoms.